The molecule has 2 aromatic heterocycles. The highest BCUT2D eigenvalue weighted by Crippen LogP contribution is 2.21. The average molecular weight is 370 g/mol. The molecule has 0 aliphatic carbocycles. The molecule has 2 heterocycles. The van der Waals surface area contributed by atoms with Crippen molar-refractivity contribution in [2.45, 2.75) is 13.8 Å². The molecule has 0 spiro atoms. The van der Waals surface area contributed by atoms with Crippen LogP contribution in [-0.2, 0) is 0 Å². The highest BCUT2D eigenvalue weighted by atomic mass is 16.2. The van der Waals surface area contributed by atoms with Gasteiger partial charge in [0, 0.05) is 48.1 Å². The second-order valence-electron chi connectivity index (χ2n) is 6.47. The fourth-order valence-electron chi connectivity index (χ4n) is 3.33. The topological polar surface area (TPSA) is 68.7 Å². The van der Waals surface area contributed by atoms with E-state index in [1.165, 1.54) is 13.8 Å². The van der Waals surface area contributed by atoms with Gasteiger partial charge in [0.2, 0.25) is 11.8 Å². The van der Waals surface area contributed by atoms with Crippen LogP contribution in [0.1, 0.15) is 34.6 Å². The van der Waals surface area contributed by atoms with E-state index < -0.39 is 0 Å². The zero-order valence-corrected chi connectivity index (χ0v) is 15.5. The minimum absolute atomic E-state index is 0.0589. The maximum absolute atomic E-state index is 11.8. The zero-order valence-electron chi connectivity index (χ0n) is 15.5. The molecule has 0 N–H and O–H groups in total. The third kappa shape index (κ3) is 3.05. The first-order valence-corrected chi connectivity index (χ1v) is 8.84. The molecule has 0 bridgehead atoms. The molecule has 0 saturated heterocycles. The van der Waals surface area contributed by atoms with Gasteiger partial charge in [0.1, 0.15) is 0 Å². The molecule has 0 aliphatic rings. The van der Waals surface area contributed by atoms with Crippen LogP contribution in [0, 0.1) is 0 Å². The van der Waals surface area contributed by atoms with E-state index in [4.69, 9.17) is 0 Å². The van der Waals surface area contributed by atoms with Crippen molar-refractivity contribution >= 4 is 46.0 Å². The van der Waals surface area contributed by atoms with E-state index in [-0.39, 0.29) is 11.8 Å². The van der Waals surface area contributed by atoms with Gasteiger partial charge in [0.25, 0.3) is 0 Å². The smallest absolute Gasteiger partial charge is 0.227 e. The normalized spacial score (nSPS) is 11.9. The van der Waals surface area contributed by atoms with Gasteiger partial charge >= 0.3 is 0 Å². The molecule has 28 heavy (non-hydrogen) atoms. The Bertz CT molecular complexity index is 1170. The van der Waals surface area contributed by atoms with Crippen molar-refractivity contribution in [2.24, 2.45) is 10.2 Å². The van der Waals surface area contributed by atoms with E-state index in [9.17, 15) is 9.59 Å². The van der Waals surface area contributed by atoms with Crippen LogP contribution in [0.15, 0.2) is 71.1 Å². The molecule has 2 aromatic carbocycles. The van der Waals surface area contributed by atoms with Crippen molar-refractivity contribution in [3.63, 3.8) is 0 Å². The quantitative estimate of drug-likeness (QED) is 0.397. The molecule has 0 saturated carbocycles. The lowest BCUT2D eigenvalue weighted by Gasteiger charge is -1.96. The lowest BCUT2D eigenvalue weighted by atomic mass is 10.2. The van der Waals surface area contributed by atoms with Gasteiger partial charge in [-0.1, -0.05) is 36.4 Å². The lowest BCUT2D eigenvalue weighted by Crippen LogP contribution is -2.02. The molecule has 138 valence electrons. The van der Waals surface area contributed by atoms with E-state index in [1.807, 2.05) is 48.5 Å². The van der Waals surface area contributed by atoms with Gasteiger partial charge in [0.15, 0.2) is 0 Å². The number of carbonyl (C=O) groups excluding carboxylic acids is 2. The van der Waals surface area contributed by atoms with Crippen LogP contribution in [0.25, 0.3) is 21.8 Å². The summed E-state index contributed by atoms with van der Waals surface area (Å²) in [6.07, 6.45) is 6.77. The average Bonchev–Trinajstić information content (AvgIpc) is 3.24. The van der Waals surface area contributed by atoms with Gasteiger partial charge in [-0.05, 0) is 12.1 Å². The number of carbonyl (C=O) groups is 2. The molecule has 0 unspecified atom stereocenters. The van der Waals surface area contributed by atoms with Crippen molar-refractivity contribution < 1.29 is 9.59 Å². The van der Waals surface area contributed by atoms with Crippen molar-refractivity contribution in [3.8, 4) is 0 Å². The summed E-state index contributed by atoms with van der Waals surface area (Å²) in [5.41, 5.74) is 3.30. The Hall–Kier alpha value is -3.80. The number of rotatable bonds is 3. The Morgan fingerprint density at radius 2 is 1.11 bits per heavy atom. The van der Waals surface area contributed by atoms with Crippen molar-refractivity contribution in [1.29, 1.82) is 0 Å². The molecule has 6 heteroatoms. The number of nitrogens with zero attached hydrogens (tertiary/aromatic N) is 4. The second kappa shape index (κ2) is 7.08. The third-order valence-electron chi connectivity index (χ3n) is 4.62. The Morgan fingerprint density at radius 3 is 1.50 bits per heavy atom. The van der Waals surface area contributed by atoms with Crippen LogP contribution < -0.4 is 0 Å². The number of fused-ring (bicyclic) bond motifs is 2. The molecule has 6 nitrogen and oxygen atoms in total. The van der Waals surface area contributed by atoms with E-state index in [0.717, 1.165) is 32.9 Å². The van der Waals surface area contributed by atoms with E-state index >= 15 is 0 Å². The van der Waals surface area contributed by atoms with Crippen LogP contribution in [0.3, 0.4) is 0 Å². The van der Waals surface area contributed by atoms with E-state index in [0.29, 0.717) is 0 Å². The van der Waals surface area contributed by atoms with Crippen LogP contribution >= 0.6 is 0 Å². The van der Waals surface area contributed by atoms with Crippen LogP contribution in [0.2, 0.25) is 0 Å². The van der Waals surface area contributed by atoms with E-state index in [2.05, 4.69) is 10.2 Å². The van der Waals surface area contributed by atoms with Gasteiger partial charge in [-0.3, -0.25) is 18.7 Å². The Kier molecular flexibility index (Phi) is 4.45. The lowest BCUT2D eigenvalue weighted by molar-refractivity contribution is 0.0933. The summed E-state index contributed by atoms with van der Waals surface area (Å²) < 4.78 is 3.20. The van der Waals surface area contributed by atoms with Gasteiger partial charge in [0.05, 0.1) is 23.5 Å². The summed E-state index contributed by atoms with van der Waals surface area (Å²) in [5, 5.41) is 10.2. The predicted octanol–water partition coefficient (Wildman–Crippen LogP) is 4.37. The predicted molar refractivity (Wildman–Crippen MR) is 112 cm³/mol. The van der Waals surface area contributed by atoms with Gasteiger partial charge in [-0.2, -0.15) is 10.2 Å². The molecule has 0 radical (unpaired) electrons. The zero-order chi connectivity index (χ0) is 19.7. The fourth-order valence-corrected chi connectivity index (χ4v) is 3.33. The molecule has 0 atom stereocenters. The number of benzene rings is 2. The number of para-hydroxylation sites is 2. The summed E-state index contributed by atoms with van der Waals surface area (Å²) in [7, 11) is 0. The molecular formula is C22H18N4O2. The summed E-state index contributed by atoms with van der Waals surface area (Å²) in [6.45, 7) is 3.05. The summed E-state index contributed by atoms with van der Waals surface area (Å²) >= 11 is 0. The summed E-state index contributed by atoms with van der Waals surface area (Å²) in [5.74, 6) is -0.118. The number of hydrogen-bond donors (Lipinski definition) is 0. The maximum Gasteiger partial charge on any atom is 0.227 e. The fraction of sp³-hybridized carbons (Fsp3) is 0.0909. The van der Waals surface area contributed by atoms with Crippen molar-refractivity contribution in [2.75, 3.05) is 0 Å². The minimum Gasteiger partial charge on any atom is -0.287 e. The highest BCUT2D eigenvalue weighted by molar-refractivity contribution is 6.05. The van der Waals surface area contributed by atoms with Gasteiger partial charge in [-0.25, -0.2) is 0 Å². The summed E-state index contributed by atoms with van der Waals surface area (Å²) in [6, 6.07) is 15.3. The molecule has 4 rings (SSSR count). The molecule has 4 aromatic rings. The van der Waals surface area contributed by atoms with Gasteiger partial charge in [-0.15, -0.1) is 0 Å². The summed E-state index contributed by atoms with van der Waals surface area (Å²) in [4.78, 5) is 23.7. The van der Waals surface area contributed by atoms with Crippen LogP contribution in [0.5, 0.6) is 0 Å². The standard InChI is InChI=1S/C22H18N4O2/c1-15(27)25-13-17(19-7-3-5-9-21(19)25)11-23-24-12-18-14-26(16(2)28)22-10-6-4-8-20(18)22/h3-14H,1-2H3. The number of aromatic nitrogens is 2. The van der Waals surface area contributed by atoms with E-state index in [1.54, 1.807) is 34.0 Å². The first-order chi connectivity index (χ1) is 13.6. The van der Waals surface area contributed by atoms with Crippen molar-refractivity contribution in [3.05, 3.63) is 72.1 Å². The maximum atomic E-state index is 11.8. The first-order valence-electron chi connectivity index (χ1n) is 8.84. The SMILES string of the molecule is CC(=O)n1cc(C=NN=Cc2cn(C(C)=O)c3ccccc23)c2ccccc21. The Morgan fingerprint density at radius 1 is 0.714 bits per heavy atom. The molecule has 0 amide bonds. The molecule has 0 aliphatic heterocycles. The van der Waals surface area contributed by atoms with Gasteiger partial charge < -0.3 is 0 Å². The monoisotopic (exact) mass is 370 g/mol. The second-order valence-corrected chi connectivity index (χ2v) is 6.47. The molecular weight excluding hydrogens is 352 g/mol. The third-order valence-corrected chi connectivity index (χ3v) is 4.62. The largest absolute Gasteiger partial charge is 0.287 e. The van der Waals surface area contributed by atoms with Crippen LogP contribution in [-0.4, -0.2) is 33.4 Å². The first kappa shape index (κ1) is 17.6. The molecule has 0 fully saturated rings. The minimum atomic E-state index is -0.0589. The highest BCUT2D eigenvalue weighted by Gasteiger charge is 2.10. The Balaban J connectivity index is 1.67. The van der Waals surface area contributed by atoms with Crippen molar-refractivity contribution in [1.82, 2.24) is 9.13 Å². The van der Waals surface area contributed by atoms with Crippen LogP contribution in [0.4, 0.5) is 0 Å². The number of hydrogen-bond acceptors (Lipinski definition) is 4. The Labute approximate surface area is 161 Å².